The summed E-state index contributed by atoms with van der Waals surface area (Å²) in [5.74, 6) is 0. The number of nitrogens with zero attached hydrogens (tertiary/aromatic N) is 1. The third-order valence-corrected chi connectivity index (χ3v) is 6.92. The van der Waals surface area contributed by atoms with Gasteiger partial charge in [-0.05, 0) is 74.4 Å². The van der Waals surface area contributed by atoms with E-state index in [4.69, 9.17) is 4.98 Å². The van der Waals surface area contributed by atoms with Gasteiger partial charge < -0.3 is 0 Å². The molecule has 2 aromatic carbocycles. The van der Waals surface area contributed by atoms with Gasteiger partial charge in [-0.1, -0.05) is 85.0 Å². The lowest BCUT2D eigenvalue weighted by Crippen LogP contribution is -2.29. The summed E-state index contributed by atoms with van der Waals surface area (Å²) in [6.07, 6.45) is 18.1. The summed E-state index contributed by atoms with van der Waals surface area (Å²) in [4.78, 5) is 4.77. The fraction of sp³-hybridized carbons (Fsp3) is 0.0333. The van der Waals surface area contributed by atoms with Crippen molar-refractivity contribution in [2.75, 3.05) is 0 Å². The van der Waals surface area contributed by atoms with Crippen molar-refractivity contribution in [3.05, 3.63) is 142 Å². The lowest BCUT2D eigenvalue weighted by atomic mass is 9.60. The lowest BCUT2D eigenvalue weighted by molar-refractivity contribution is 0.773. The summed E-state index contributed by atoms with van der Waals surface area (Å²) in [5, 5.41) is 0. The molecule has 3 aromatic rings. The number of hydrogen-bond donors (Lipinski definition) is 0. The zero-order valence-electron chi connectivity index (χ0n) is 16.9. The summed E-state index contributed by atoms with van der Waals surface area (Å²) in [6.45, 7) is 0. The number of fused-ring (bicyclic) bond motifs is 8. The number of allylic oxidation sites excluding steroid dienone is 10. The molecule has 0 aliphatic heterocycles. The topological polar surface area (TPSA) is 12.9 Å². The Hall–Kier alpha value is -3.97. The van der Waals surface area contributed by atoms with Gasteiger partial charge in [0.05, 0.1) is 11.1 Å². The predicted octanol–water partition coefficient (Wildman–Crippen LogP) is 7.00. The van der Waals surface area contributed by atoms with Gasteiger partial charge in [-0.3, -0.25) is 4.98 Å². The van der Waals surface area contributed by atoms with Gasteiger partial charge in [0.15, 0.2) is 0 Å². The Bertz CT molecular complexity index is 1430. The predicted molar refractivity (Wildman–Crippen MR) is 129 cm³/mol. The molecule has 1 heteroatoms. The van der Waals surface area contributed by atoms with E-state index in [1.807, 2.05) is 12.3 Å². The average Bonchev–Trinajstić information content (AvgIpc) is 3.40. The van der Waals surface area contributed by atoms with Crippen LogP contribution in [-0.4, -0.2) is 4.98 Å². The van der Waals surface area contributed by atoms with Gasteiger partial charge in [-0.25, -0.2) is 0 Å². The van der Waals surface area contributed by atoms with Gasteiger partial charge in [0.25, 0.3) is 0 Å². The van der Waals surface area contributed by atoms with Gasteiger partial charge in [-0.2, -0.15) is 0 Å². The molecule has 0 amide bonds. The van der Waals surface area contributed by atoms with Crippen LogP contribution in [0.4, 0.5) is 0 Å². The van der Waals surface area contributed by atoms with Crippen molar-refractivity contribution in [2.24, 2.45) is 5.41 Å². The first-order chi connectivity index (χ1) is 15.4. The summed E-state index contributed by atoms with van der Waals surface area (Å²) >= 11 is 0. The summed E-state index contributed by atoms with van der Waals surface area (Å²) in [7, 11) is 0. The molecule has 4 aliphatic carbocycles. The first kappa shape index (κ1) is 16.8. The van der Waals surface area contributed by atoms with Crippen molar-refractivity contribution in [2.45, 2.75) is 0 Å². The van der Waals surface area contributed by atoms with Gasteiger partial charge in [-0.15, -0.1) is 0 Å². The molecule has 1 heterocycles. The molecule has 1 atom stereocenters. The molecule has 7 rings (SSSR count). The van der Waals surface area contributed by atoms with Crippen LogP contribution >= 0.6 is 0 Å². The van der Waals surface area contributed by atoms with Crippen LogP contribution in [0, 0.1) is 5.41 Å². The summed E-state index contributed by atoms with van der Waals surface area (Å²) in [6, 6.07) is 23.6. The highest BCUT2D eigenvalue weighted by atomic mass is 14.7. The molecule has 0 radical (unpaired) electrons. The minimum absolute atomic E-state index is 0.361. The molecule has 1 aromatic heterocycles. The van der Waals surface area contributed by atoms with Crippen LogP contribution in [0.2, 0.25) is 0 Å². The molecule has 0 saturated carbocycles. The Morgan fingerprint density at radius 1 is 0.581 bits per heavy atom. The highest BCUT2D eigenvalue weighted by molar-refractivity contribution is 6.10. The van der Waals surface area contributed by atoms with E-state index in [-0.39, 0.29) is 5.41 Å². The van der Waals surface area contributed by atoms with Crippen molar-refractivity contribution in [1.29, 1.82) is 0 Å². The molecule has 31 heavy (non-hydrogen) atoms. The van der Waals surface area contributed by atoms with Crippen LogP contribution < -0.4 is 0 Å². The fourth-order valence-corrected chi connectivity index (χ4v) is 5.61. The first-order valence-corrected chi connectivity index (χ1v) is 10.7. The number of pyridine rings is 1. The SMILES string of the molecule is C1=CC2(C3=Cc4ccccc4C3=C1)C1=Cc3ccccc3C1=CC=C2c1ccccn1. The maximum atomic E-state index is 4.77. The Morgan fingerprint density at radius 2 is 1.23 bits per heavy atom. The Kier molecular flexibility index (Phi) is 3.26. The molecule has 0 saturated heterocycles. The zero-order chi connectivity index (χ0) is 20.4. The Balaban J connectivity index is 1.54. The Labute approximate surface area is 181 Å². The third kappa shape index (κ3) is 2.13. The van der Waals surface area contributed by atoms with E-state index in [2.05, 4.69) is 103 Å². The molecule has 0 N–H and O–H groups in total. The van der Waals surface area contributed by atoms with E-state index in [9.17, 15) is 0 Å². The van der Waals surface area contributed by atoms with Crippen molar-refractivity contribution in [1.82, 2.24) is 4.98 Å². The van der Waals surface area contributed by atoms with E-state index < -0.39 is 0 Å². The second-order valence-electron chi connectivity index (χ2n) is 8.41. The van der Waals surface area contributed by atoms with Crippen LogP contribution in [0.25, 0.3) is 28.9 Å². The van der Waals surface area contributed by atoms with Crippen LogP contribution in [0.15, 0.2) is 114 Å². The molecule has 0 fully saturated rings. The minimum atomic E-state index is -0.361. The Morgan fingerprint density at radius 3 is 1.90 bits per heavy atom. The number of aromatic nitrogens is 1. The molecule has 1 nitrogen and oxygen atoms in total. The maximum Gasteiger partial charge on any atom is 0.0677 e. The van der Waals surface area contributed by atoms with Crippen molar-refractivity contribution in [3.8, 4) is 0 Å². The molecular formula is C30H19N. The normalized spacial score (nSPS) is 21.9. The maximum absolute atomic E-state index is 4.77. The van der Waals surface area contributed by atoms with Crippen molar-refractivity contribution < 1.29 is 0 Å². The molecule has 0 bridgehead atoms. The molecular weight excluding hydrogens is 374 g/mol. The first-order valence-electron chi connectivity index (χ1n) is 10.7. The van der Waals surface area contributed by atoms with Crippen LogP contribution in [0.5, 0.6) is 0 Å². The highest BCUT2D eigenvalue weighted by Gasteiger charge is 2.48. The van der Waals surface area contributed by atoms with Gasteiger partial charge in [0, 0.05) is 6.20 Å². The van der Waals surface area contributed by atoms with Crippen LogP contribution in [0.1, 0.15) is 27.9 Å². The molecule has 4 aliphatic rings. The van der Waals surface area contributed by atoms with Crippen molar-refractivity contribution >= 4 is 28.9 Å². The van der Waals surface area contributed by atoms with Gasteiger partial charge in [0.2, 0.25) is 0 Å². The van der Waals surface area contributed by atoms with E-state index >= 15 is 0 Å². The van der Waals surface area contributed by atoms with E-state index in [1.54, 1.807) is 0 Å². The standard InChI is InChI=1S/C30H19N/c1-3-10-22-20(8-1)18-27-24(22)12-7-16-30(27)26(29-13-5-6-17-31-29)15-14-25-23-11-4-2-9-21(23)19-28(25)30/h1-19H. The monoisotopic (exact) mass is 393 g/mol. The lowest BCUT2D eigenvalue weighted by Gasteiger charge is -2.41. The smallest absolute Gasteiger partial charge is 0.0677 e. The largest absolute Gasteiger partial charge is 0.257 e. The molecule has 1 unspecified atom stereocenters. The van der Waals surface area contributed by atoms with Crippen LogP contribution in [0.3, 0.4) is 0 Å². The van der Waals surface area contributed by atoms with Crippen molar-refractivity contribution in [3.63, 3.8) is 0 Å². The molecule has 1 spiro atoms. The third-order valence-electron chi connectivity index (χ3n) is 6.92. The fourth-order valence-electron chi connectivity index (χ4n) is 5.61. The highest BCUT2D eigenvalue weighted by Crippen LogP contribution is 2.63. The minimum Gasteiger partial charge on any atom is -0.257 e. The second kappa shape index (κ2) is 6.02. The van der Waals surface area contributed by atoms with E-state index in [0.29, 0.717) is 0 Å². The second-order valence-corrected chi connectivity index (χ2v) is 8.41. The molecule has 144 valence electrons. The van der Waals surface area contributed by atoms with Crippen LogP contribution in [-0.2, 0) is 0 Å². The quantitative estimate of drug-likeness (QED) is 0.434. The summed E-state index contributed by atoms with van der Waals surface area (Å²) < 4.78 is 0. The van der Waals surface area contributed by atoms with E-state index in [0.717, 1.165) is 5.69 Å². The average molecular weight is 393 g/mol. The zero-order valence-corrected chi connectivity index (χ0v) is 16.9. The number of benzene rings is 2. The van der Waals surface area contributed by atoms with Gasteiger partial charge >= 0.3 is 0 Å². The number of hydrogen-bond acceptors (Lipinski definition) is 1. The van der Waals surface area contributed by atoms with E-state index in [1.165, 1.54) is 50.1 Å². The summed E-state index contributed by atoms with van der Waals surface area (Å²) in [5.41, 5.74) is 12.4. The van der Waals surface area contributed by atoms with Gasteiger partial charge in [0.1, 0.15) is 0 Å². The number of rotatable bonds is 1.